The van der Waals surface area contributed by atoms with Crippen LogP contribution in [0.25, 0.3) is 0 Å². The van der Waals surface area contributed by atoms with Crippen molar-refractivity contribution < 1.29 is 19.2 Å². The topological polar surface area (TPSA) is 114 Å². The van der Waals surface area contributed by atoms with Crippen molar-refractivity contribution in [2.45, 2.75) is 38.8 Å². The van der Waals surface area contributed by atoms with E-state index in [1.54, 1.807) is 44.7 Å². The van der Waals surface area contributed by atoms with Gasteiger partial charge in [-0.3, -0.25) is 20.2 Å². The van der Waals surface area contributed by atoms with Crippen molar-refractivity contribution in [3.8, 4) is 0 Å². The molecule has 0 bridgehead atoms. The fourth-order valence-corrected chi connectivity index (χ4v) is 4.50. The molecule has 2 aromatic carbocycles. The van der Waals surface area contributed by atoms with Gasteiger partial charge in [0, 0.05) is 35.7 Å². The van der Waals surface area contributed by atoms with Crippen molar-refractivity contribution in [3.63, 3.8) is 0 Å². The number of carbonyl (C=O) groups is 2. The molecule has 2 heterocycles. The normalized spacial score (nSPS) is 17.6. The summed E-state index contributed by atoms with van der Waals surface area (Å²) in [6.07, 6.45) is 4.07. The van der Waals surface area contributed by atoms with Crippen LogP contribution >= 0.6 is 11.8 Å². The average molecular weight is 507 g/mol. The van der Waals surface area contributed by atoms with Crippen LogP contribution in [0.1, 0.15) is 43.1 Å². The highest BCUT2D eigenvalue weighted by molar-refractivity contribution is 8.04. The third-order valence-corrected chi connectivity index (χ3v) is 6.17. The zero-order chi connectivity index (χ0) is 25.9. The number of nitro groups is 1. The molecule has 1 unspecified atom stereocenters. The van der Waals surface area contributed by atoms with Gasteiger partial charge in [0.15, 0.2) is 0 Å². The number of nitrogens with zero attached hydrogens (tertiary/aromatic N) is 3. The second-order valence-corrected chi connectivity index (χ2v) is 10.2. The lowest BCUT2D eigenvalue weighted by molar-refractivity contribution is -0.384. The Morgan fingerprint density at radius 2 is 1.72 bits per heavy atom. The Hall–Kier alpha value is -3.92. The average Bonchev–Trinajstić information content (AvgIpc) is 3.29. The van der Waals surface area contributed by atoms with Gasteiger partial charge in [-0.1, -0.05) is 24.3 Å². The van der Waals surface area contributed by atoms with Crippen LogP contribution in [0.2, 0.25) is 0 Å². The lowest BCUT2D eigenvalue weighted by Crippen LogP contribution is -2.37. The molecule has 0 aliphatic carbocycles. The highest BCUT2D eigenvalue weighted by Crippen LogP contribution is 2.32. The van der Waals surface area contributed by atoms with Crippen molar-refractivity contribution in [2.75, 3.05) is 5.32 Å². The Labute approximate surface area is 213 Å². The number of hydrazone groups is 1. The molecule has 0 saturated heterocycles. The monoisotopic (exact) mass is 506 g/mol. The number of rotatable bonds is 5. The van der Waals surface area contributed by atoms with Crippen molar-refractivity contribution >= 4 is 40.8 Å². The second-order valence-electron chi connectivity index (χ2n) is 9.35. The minimum absolute atomic E-state index is 0.0254. The maximum Gasteiger partial charge on any atom is 0.412 e. The Balaban J connectivity index is 1.56. The van der Waals surface area contributed by atoms with Crippen molar-refractivity contribution in [1.29, 1.82) is 0 Å². The van der Waals surface area contributed by atoms with E-state index in [9.17, 15) is 19.7 Å². The number of carbonyl (C=O) groups excluding carboxylic acids is 2. The fourth-order valence-electron chi connectivity index (χ4n) is 3.86. The van der Waals surface area contributed by atoms with Crippen LogP contribution in [-0.2, 0) is 4.74 Å². The van der Waals surface area contributed by atoms with Crippen LogP contribution in [0.5, 0.6) is 0 Å². The maximum absolute atomic E-state index is 13.4. The van der Waals surface area contributed by atoms with Gasteiger partial charge in [-0.2, -0.15) is 5.10 Å². The molecule has 10 heteroatoms. The smallest absolute Gasteiger partial charge is 0.412 e. The summed E-state index contributed by atoms with van der Waals surface area (Å²) in [4.78, 5) is 35.9. The summed E-state index contributed by atoms with van der Waals surface area (Å²) >= 11 is 1.56. The standard InChI is InChI=1S/C26H26N4O5S/c1-26(2,3)35-25(32)27-20-8-4-17(5-9-20)22-16-23(18-12-14-36-15-13-18)29(28-22)24(31)19-6-10-21(11-7-19)30(33)34/h4-15,18,23H,16H2,1-3H3,(H,27,32). The predicted octanol–water partition coefficient (Wildman–Crippen LogP) is 5.95. The third-order valence-electron chi connectivity index (χ3n) is 5.54. The second kappa shape index (κ2) is 10.4. The summed E-state index contributed by atoms with van der Waals surface area (Å²) < 4.78 is 5.29. The van der Waals surface area contributed by atoms with E-state index in [2.05, 4.69) is 10.4 Å². The number of nitrogens with one attached hydrogen (secondary N) is 1. The molecule has 2 aliphatic heterocycles. The van der Waals surface area contributed by atoms with Crippen molar-refractivity contribution in [3.05, 3.63) is 92.7 Å². The summed E-state index contributed by atoms with van der Waals surface area (Å²) in [5.74, 6) is -0.351. The number of nitro benzene ring substituents is 1. The number of thioether (sulfide) groups is 1. The van der Waals surface area contributed by atoms with Gasteiger partial charge in [-0.15, -0.1) is 11.8 Å². The zero-order valence-electron chi connectivity index (χ0n) is 20.1. The van der Waals surface area contributed by atoms with Gasteiger partial charge in [0.25, 0.3) is 11.6 Å². The van der Waals surface area contributed by atoms with Gasteiger partial charge in [-0.25, -0.2) is 9.80 Å². The van der Waals surface area contributed by atoms with Gasteiger partial charge < -0.3 is 4.74 Å². The Bertz CT molecular complexity index is 1230. The predicted molar refractivity (Wildman–Crippen MR) is 140 cm³/mol. The van der Waals surface area contributed by atoms with E-state index in [4.69, 9.17) is 4.74 Å². The van der Waals surface area contributed by atoms with Crippen LogP contribution in [0.4, 0.5) is 16.2 Å². The number of anilines is 1. The first-order chi connectivity index (χ1) is 17.1. The van der Waals surface area contributed by atoms with E-state index < -0.39 is 16.6 Å². The Kier molecular flexibility index (Phi) is 7.25. The third kappa shape index (κ3) is 6.01. The molecular formula is C26H26N4O5S. The number of benzene rings is 2. The Morgan fingerprint density at radius 3 is 2.31 bits per heavy atom. The molecule has 0 spiro atoms. The molecule has 2 aromatic rings. The zero-order valence-corrected chi connectivity index (χ0v) is 20.9. The fraction of sp³-hybridized carbons (Fsp3) is 0.269. The lowest BCUT2D eigenvalue weighted by Gasteiger charge is -2.26. The Morgan fingerprint density at radius 1 is 1.08 bits per heavy atom. The van der Waals surface area contributed by atoms with E-state index >= 15 is 0 Å². The quantitative estimate of drug-likeness (QED) is 0.396. The van der Waals surface area contributed by atoms with Crippen LogP contribution in [-0.4, -0.2) is 39.3 Å². The minimum atomic E-state index is -0.599. The first-order valence-electron chi connectivity index (χ1n) is 11.4. The van der Waals surface area contributed by atoms with Gasteiger partial charge in [0.2, 0.25) is 0 Å². The van der Waals surface area contributed by atoms with E-state index in [0.29, 0.717) is 17.7 Å². The molecule has 9 nitrogen and oxygen atoms in total. The molecule has 0 fully saturated rings. The summed E-state index contributed by atoms with van der Waals surface area (Å²) in [5.41, 5.74) is 1.79. The molecule has 36 heavy (non-hydrogen) atoms. The van der Waals surface area contributed by atoms with E-state index in [1.807, 2.05) is 35.1 Å². The number of hydrogen-bond acceptors (Lipinski definition) is 7. The van der Waals surface area contributed by atoms with Crippen molar-refractivity contribution in [2.24, 2.45) is 11.0 Å². The molecule has 2 amide bonds. The molecule has 4 rings (SSSR count). The highest BCUT2D eigenvalue weighted by atomic mass is 32.2. The SMILES string of the molecule is CC(C)(C)OC(=O)Nc1ccc(C2=NN(C(=O)c3ccc([N+](=O)[O-])cc3)C(C3C=CSC=C3)C2)cc1. The summed E-state index contributed by atoms with van der Waals surface area (Å²) in [6.45, 7) is 5.39. The van der Waals surface area contributed by atoms with Crippen LogP contribution in [0, 0.1) is 16.0 Å². The number of non-ortho nitro benzene ring substituents is 1. The number of amides is 2. The van der Waals surface area contributed by atoms with Crippen LogP contribution in [0.15, 0.2) is 76.6 Å². The molecule has 1 atom stereocenters. The van der Waals surface area contributed by atoms with Gasteiger partial charge in [0.05, 0.1) is 16.7 Å². The molecular weight excluding hydrogens is 480 g/mol. The highest BCUT2D eigenvalue weighted by Gasteiger charge is 2.36. The molecule has 0 radical (unpaired) electrons. The molecule has 1 N–H and O–H groups in total. The van der Waals surface area contributed by atoms with Crippen molar-refractivity contribution in [1.82, 2.24) is 5.01 Å². The van der Waals surface area contributed by atoms with E-state index in [1.165, 1.54) is 29.3 Å². The minimum Gasteiger partial charge on any atom is -0.444 e. The number of hydrogen-bond donors (Lipinski definition) is 1. The van der Waals surface area contributed by atoms with Crippen LogP contribution in [0.3, 0.4) is 0 Å². The molecule has 2 aliphatic rings. The summed E-state index contributed by atoms with van der Waals surface area (Å²) in [5, 5.41) is 23.8. The number of ether oxygens (including phenoxy) is 1. The van der Waals surface area contributed by atoms with E-state index in [0.717, 1.165) is 11.3 Å². The first-order valence-corrected chi connectivity index (χ1v) is 12.3. The van der Waals surface area contributed by atoms with Crippen LogP contribution < -0.4 is 5.32 Å². The van der Waals surface area contributed by atoms with E-state index in [-0.39, 0.29) is 23.6 Å². The largest absolute Gasteiger partial charge is 0.444 e. The molecule has 186 valence electrons. The van der Waals surface area contributed by atoms with Gasteiger partial charge >= 0.3 is 6.09 Å². The maximum atomic E-state index is 13.4. The summed E-state index contributed by atoms with van der Waals surface area (Å²) in [7, 11) is 0. The molecule has 0 aromatic heterocycles. The van der Waals surface area contributed by atoms with Gasteiger partial charge in [-0.05, 0) is 61.4 Å². The molecule has 0 saturated carbocycles. The summed E-state index contributed by atoms with van der Waals surface area (Å²) in [6, 6.07) is 12.5. The first kappa shape index (κ1) is 25.2. The van der Waals surface area contributed by atoms with Gasteiger partial charge in [0.1, 0.15) is 5.60 Å². The lowest BCUT2D eigenvalue weighted by atomic mass is 9.93.